The Morgan fingerprint density at radius 3 is 2.11 bits per heavy atom. The van der Waals surface area contributed by atoms with Gasteiger partial charge in [-0.05, 0) is 60.5 Å². The monoisotopic (exact) mass is 512 g/mol. The highest BCUT2D eigenvalue weighted by atomic mass is 32.2. The lowest BCUT2D eigenvalue weighted by molar-refractivity contribution is -0.121. The van der Waals surface area contributed by atoms with Gasteiger partial charge in [0, 0.05) is 13.0 Å². The van der Waals surface area contributed by atoms with Gasteiger partial charge in [0.15, 0.2) is 0 Å². The molecule has 0 fully saturated rings. The summed E-state index contributed by atoms with van der Waals surface area (Å²) in [5.41, 5.74) is 1.57. The normalized spacial score (nSPS) is 10.9. The Balaban J connectivity index is 1.41. The van der Waals surface area contributed by atoms with E-state index in [2.05, 4.69) is 5.32 Å². The van der Waals surface area contributed by atoms with Gasteiger partial charge in [0.1, 0.15) is 30.5 Å². The highest BCUT2D eigenvalue weighted by Crippen LogP contribution is 2.23. The van der Waals surface area contributed by atoms with E-state index in [1.807, 2.05) is 30.3 Å². The number of amides is 1. The Bertz CT molecular complexity index is 1180. The number of ether oxygens (including phenoxy) is 3. The average Bonchev–Trinajstić information content (AvgIpc) is 2.88. The van der Waals surface area contributed by atoms with E-state index < -0.39 is 10.0 Å². The van der Waals surface area contributed by atoms with Crippen LogP contribution in [0.25, 0.3) is 0 Å². The molecule has 36 heavy (non-hydrogen) atoms. The van der Waals surface area contributed by atoms with E-state index in [-0.39, 0.29) is 18.9 Å². The third-order valence-electron chi connectivity index (χ3n) is 5.29. The summed E-state index contributed by atoms with van der Waals surface area (Å²) < 4.78 is 42.5. The average molecular weight is 513 g/mol. The number of carbonyl (C=O) groups excluding carboxylic acids is 1. The Morgan fingerprint density at radius 2 is 1.47 bits per heavy atom. The first-order valence-electron chi connectivity index (χ1n) is 11.6. The largest absolute Gasteiger partial charge is 0.497 e. The van der Waals surface area contributed by atoms with E-state index in [9.17, 15) is 13.2 Å². The number of benzene rings is 3. The van der Waals surface area contributed by atoms with Crippen LogP contribution < -0.4 is 23.8 Å². The molecule has 3 aromatic rings. The van der Waals surface area contributed by atoms with Gasteiger partial charge in [-0.25, -0.2) is 8.42 Å². The third-order valence-corrected chi connectivity index (χ3v) is 6.48. The molecule has 0 unspecified atom stereocenters. The van der Waals surface area contributed by atoms with Crippen molar-refractivity contribution in [2.75, 3.05) is 37.4 Å². The van der Waals surface area contributed by atoms with Gasteiger partial charge in [-0.1, -0.05) is 30.3 Å². The second-order valence-corrected chi connectivity index (χ2v) is 9.99. The molecule has 0 aliphatic rings. The SMILES string of the molecule is COc1ccc(OCCNC(=O)CCCN(c2ccc(OCc3ccccc3)cc2)S(C)(=O)=O)cc1. The van der Waals surface area contributed by atoms with Crippen molar-refractivity contribution in [2.45, 2.75) is 19.4 Å². The van der Waals surface area contributed by atoms with Crippen LogP contribution in [0.4, 0.5) is 5.69 Å². The highest BCUT2D eigenvalue weighted by Gasteiger charge is 2.17. The van der Waals surface area contributed by atoms with Crippen molar-refractivity contribution < 1.29 is 27.4 Å². The molecule has 0 radical (unpaired) electrons. The maximum Gasteiger partial charge on any atom is 0.232 e. The zero-order chi connectivity index (χ0) is 25.8. The first-order valence-corrected chi connectivity index (χ1v) is 13.5. The number of anilines is 1. The molecular weight excluding hydrogens is 480 g/mol. The summed E-state index contributed by atoms with van der Waals surface area (Å²) in [4.78, 5) is 12.2. The number of nitrogens with zero attached hydrogens (tertiary/aromatic N) is 1. The van der Waals surface area contributed by atoms with Gasteiger partial charge in [0.25, 0.3) is 0 Å². The molecule has 3 aromatic carbocycles. The molecule has 0 saturated heterocycles. The van der Waals surface area contributed by atoms with Crippen LogP contribution in [0.3, 0.4) is 0 Å². The molecule has 1 N–H and O–H groups in total. The fraction of sp³-hybridized carbons (Fsp3) is 0.296. The van der Waals surface area contributed by atoms with Gasteiger partial charge >= 0.3 is 0 Å². The molecule has 9 heteroatoms. The van der Waals surface area contributed by atoms with Crippen molar-refractivity contribution in [3.8, 4) is 17.2 Å². The molecule has 0 saturated carbocycles. The van der Waals surface area contributed by atoms with Gasteiger partial charge in [0.05, 0.1) is 25.6 Å². The van der Waals surface area contributed by atoms with Crippen molar-refractivity contribution in [1.29, 1.82) is 0 Å². The van der Waals surface area contributed by atoms with Crippen molar-refractivity contribution in [3.05, 3.63) is 84.4 Å². The summed E-state index contributed by atoms with van der Waals surface area (Å²) in [6.45, 7) is 1.30. The molecule has 1 amide bonds. The van der Waals surface area contributed by atoms with Crippen LogP contribution >= 0.6 is 0 Å². The van der Waals surface area contributed by atoms with Crippen LogP contribution in [0.2, 0.25) is 0 Å². The summed E-state index contributed by atoms with van der Waals surface area (Å²) in [6.07, 6.45) is 1.74. The Kier molecular flexibility index (Phi) is 10.00. The predicted octanol–water partition coefficient (Wildman–Crippen LogP) is 4.02. The Hall–Kier alpha value is -3.72. The number of hydrogen-bond acceptors (Lipinski definition) is 6. The van der Waals surface area contributed by atoms with Gasteiger partial charge in [0.2, 0.25) is 15.9 Å². The third kappa shape index (κ3) is 8.81. The van der Waals surface area contributed by atoms with E-state index in [4.69, 9.17) is 14.2 Å². The van der Waals surface area contributed by atoms with E-state index in [0.29, 0.717) is 43.4 Å². The first kappa shape index (κ1) is 26.9. The Labute approximate surface area is 212 Å². The smallest absolute Gasteiger partial charge is 0.232 e. The van der Waals surface area contributed by atoms with Crippen LogP contribution in [-0.2, 0) is 21.4 Å². The summed E-state index contributed by atoms with van der Waals surface area (Å²) in [5.74, 6) is 1.91. The molecule has 3 rings (SSSR count). The summed E-state index contributed by atoms with van der Waals surface area (Å²) >= 11 is 0. The second kappa shape index (κ2) is 13.4. The molecule has 0 heterocycles. The minimum atomic E-state index is -3.51. The number of methoxy groups -OCH3 is 1. The van der Waals surface area contributed by atoms with Crippen LogP contribution in [0.1, 0.15) is 18.4 Å². The minimum Gasteiger partial charge on any atom is -0.497 e. The van der Waals surface area contributed by atoms with Gasteiger partial charge in [-0.2, -0.15) is 0 Å². The lowest BCUT2D eigenvalue weighted by Gasteiger charge is -2.22. The van der Waals surface area contributed by atoms with Crippen LogP contribution in [-0.4, -0.2) is 47.4 Å². The quantitative estimate of drug-likeness (QED) is 0.328. The fourth-order valence-corrected chi connectivity index (χ4v) is 4.40. The molecule has 0 bridgehead atoms. The van der Waals surface area contributed by atoms with Crippen molar-refractivity contribution in [2.24, 2.45) is 0 Å². The lowest BCUT2D eigenvalue weighted by Crippen LogP contribution is -2.32. The van der Waals surface area contributed by atoms with Crippen LogP contribution in [0.15, 0.2) is 78.9 Å². The number of sulfonamides is 1. The standard InChI is InChI=1S/C27H32N2O6S/c1-33-24-14-16-25(17-15-24)34-20-18-28-27(30)9-6-19-29(36(2,31)32)23-10-12-26(13-11-23)35-21-22-7-4-3-5-8-22/h3-5,7-8,10-17H,6,9,18-21H2,1-2H3,(H,28,30). The number of carbonyl (C=O) groups is 1. The molecule has 0 aliphatic heterocycles. The molecule has 0 atom stereocenters. The maximum absolute atomic E-state index is 12.4. The first-order chi connectivity index (χ1) is 17.3. The number of nitrogens with one attached hydrogen (secondary N) is 1. The van der Waals surface area contributed by atoms with Crippen molar-refractivity contribution in [3.63, 3.8) is 0 Å². The van der Waals surface area contributed by atoms with Gasteiger partial charge in [-0.3, -0.25) is 9.10 Å². The Morgan fingerprint density at radius 1 is 0.861 bits per heavy atom. The second-order valence-electron chi connectivity index (χ2n) is 8.08. The number of hydrogen-bond donors (Lipinski definition) is 1. The number of rotatable bonds is 14. The zero-order valence-corrected chi connectivity index (χ0v) is 21.4. The van der Waals surface area contributed by atoms with Crippen LogP contribution in [0, 0.1) is 0 Å². The minimum absolute atomic E-state index is 0.161. The molecule has 0 spiro atoms. The fourth-order valence-electron chi connectivity index (χ4n) is 3.44. The van der Waals surface area contributed by atoms with E-state index >= 15 is 0 Å². The topological polar surface area (TPSA) is 94.2 Å². The summed E-state index contributed by atoms with van der Waals surface area (Å²) in [6, 6.07) is 23.9. The van der Waals surface area contributed by atoms with Crippen molar-refractivity contribution >= 4 is 21.6 Å². The van der Waals surface area contributed by atoms with Gasteiger partial charge < -0.3 is 19.5 Å². The maximum atomic E-state index is 12.4. The lowest BCUT2D eigenvalue weighted by atomic mass is 10.2. The molecule has 0 aromatic heterocycles. The van der Waals surface area contributed by atoms with E-state index in [0.717, 1.165) is 17.6 Å². The molecule has 0 aliphatic carbocycles. The van der Waals surface area contributed by atoms with E-state index in [1.54, 1.807) is 55.6 Å². The van der Waals surface area contributed by atoms with Crippen LogP contribution in [0.5, 0.6) is 17.2 Å². The predicted molar refractivity (Wildman–Crippen MR) is 140 cm³/mol. The highest BCUT2D eigenvalue weighted by molar-refractivity contribution is 7.92. The molecule has 192 valence electrons. The molecular formula is C27H32N2O6S. The van der Waals surface area contributed by atoms with Crippen molar-refractivity contribution in [1.82, 2.24) is 5.32 Å². The molecule has 8 nitrogen and oxygen atoms in total. The van der Waals surface area contributed by atoms with Gasteiger partial charge in [-0.15, -0.1) is 0 Å². The summed E-state index contributed by atoms with van der Waals surface area (Å²) in [7, 11) is -1.91. The zero-order valence-electron chi connectivity index (χ0n) is 20.6. The summed E-state index contributed by atoms with van der Waals surface area (Å²) in [5, 5.41) is 2.79. The van der Waals surface area contributed by atoms with E-state index in [1.165, 1.54) is 4.31 Å².